The van der Waals surface area contributed by atoms with Crippen molar-refractivity contribution in [3.63, 3.8) is 0 Å². The average molecular weight is 144 g/mol. The van der Waals surface area contributed by atoms with Gasteiger partial charge in [-0.25, -0.2) is 0 Å². The molecule has 0 aliphatic rings. The molecule has 0 aromatic carbocycles. The Balaban J connectivity index is 3.30. The van der Waals surface area contributed by atoms with Crippen molar-refractivity contribution < 1.29 is 0 Å². The maximum atomic E-state index is 5.62. The van der Waals surface area contributed by atoms with Crippen molar-refractivity contribution in [3.8, 4) is 0 Å². The van der Waals surface area contributed by atoms with E-state index >= 15 is 0 Å². The zero-order valence-corrected chi connectivity index (χ0v) is 7.59. The largest absolute Gasteiger partial charge is 0.328 e. The molecule has 0 heterocycles. The van der Waals surface area contributed by atoms with Crippen molar-refractivity contribution >= 4 is 0 Å². The van der Waals surface area contributed by atoms with Gasteiger partial charge in [-0.05, 0) is 40.8 Å². The number of hydrogen-bond acceptors (Lipinski definition) is 2. The summed E-state index contributed by atoms with van der Waals surface area (Å²) in [6.45, 7) is 4.28. The third-order valence-electron chi connectivity index (χ3n) is 1.92. The van der Waals surface area contributed by atoms with Gasteiger partial charge in [-0.15, -0.1) is 0 Å². The van der Waals surface area contributed by atoms with Gasteiger partial charge in [0.15, 0.2) is 0 Å². The molecule has 10 heavy (non-hydrogen) atoms. The summed E-state index contributed by atoms with van der Waals surface area (Å²) in [6, 6.07) is 1.01. The summed E-state index contributed by atoms with van der Waals surface area (Å²) in [5, 5.41) is 0. The molecule has 0 spiro atoms. The van der Waals surface area contributed by atoms with E-state index in [0.29, 0.717) is 12.1 Å². The van der Waals surface area contributed by atoms with Crippen LogP contribution in [0.25, 0.3) is 0 Å². The predicted molar refractivity (Wildman–Crippen MR) is 46.0 cm³/mol. The van der Waals surface area contributed by atoms with E-state index in [2.05, 4.69) is 32.8 Å². The van der Waals surface area contributed by atoms with E-state index in [-0.39, 0.29) is 0 Å². The molecule has 1 unspecified atom stereocenters. The first kappa shape index (κ1) is 9.92. The van der Waals surface area contributed by atoms with Crippen molar-refractivity contribution in [2.45, 2.75) is 38.8 Å². The molecule has 0 fully saturated rings. The molecule has 62 valence electrons. The van der Waals surface area contributed by atoms with Crippen molar-refractivity contribution in [1.29, 1.82) is 0 Å². The summed E-state index contributed by atoms with van der Waals surface area (Å²) in [7, 11) is 4.21. The molecule has 2 nitrogen and oxygen atoms in total. The molecule has 0 saturated carbocycles. The van der Waals surface area contributed by atoms with Crippen molar-refractivity contribution in [1.82, 2.24) is 4.90 Å². The minimum atomic E-state index is 0.349. The number of rotatable bonds is 4. The third-order valence-corrected chi connectivity index (χ3v) is 1.92. The van der Waals surface area contributed by atoms with E-state index in [9.17, 15) is 0 Å². The van der Waals surface area contributed by atoms with Crippen LogP contribution in [0.3, 0.4) is 0 Å². The second kappa shape index (κ2) is 4.69. The van der Waals surface area contributed by atoms with Gasteiger partial charge < -0.3 is 10.6 Å². The zero-order chi connectivity index (χ0) is 8.15. The molecule has 0 radical (unpaired) electrons. The van der Waals surface area contributed by atoms with E-state index in [1.807, 2.05) is 0 Å². The summed E-state index contributed by atoms with van der Waals surface area (Å²) in [5.41, 5.74) is 5.62. The predicted octanol–water partition coefficient (Wildman–Crippen LogP) is 1.06. The molecule has 0 aliphatic carbocycles. The highest BCUT2D eigenvalue weighted by molar-refractivity contribution is 4.62. The molecule has 0 rings (SSSR count). The van der Waals surface area contributed by atoms with Crippen molar-refractivity contribution in [2.24, 2.45) is 5.73 Å². The number of nitrogens with two attached hydrogens (primary N) is 1. The van der Waals surface area contributed by atoms with Gasteiger partial charge >= 0.3 is 0 Å². The minimum Gasteiger partial charge on any atom is -0.328 e. The Bertz CT molecular complexity index is 79.3. The van der Waals surface area contributed by atoms with Gasteiger partial charge in [0.2, 0.25) is 0 Å². The maximum Gasteiger partial charge on any atom is 0.00614 e. The lowest BCUT2D eigenvalue weighted by molar-refractivity contribution is 0.289. The van der Waals surface area contributed by atoms with Gasteiger partial charge in [0.1, 0.15) is 0 Å². The molecule has 0 aromatic rings. The molecular formula is C8H20N2. The standard InChI is InChI=1S/C8H20N2/c1-7(9)5-6-8(2)10(3)4/h7-8H,5-6,9H2,1-4H3/t7-,8?/m1/s1. The molecule has 0 bridgehead atoms. The van der Waals surface area contributed by atoms with Crippen LogP contribution in [0.2, 0.25) is 0 Å². The fourth-order valence-corrected chi connectivity index (χ4v) is 0.762. The normalized spacial score (nSPS) is 17.4. The molecule has 2 atom stereocenters. The Morgan fingerprint density at radius 1 is 1.20 bits per heavy atom. The molecule has 2 N–H and O–H groups in total. The van der Waals surface area contributed by atoms with Gasteiger partial charge in [0.25, 0.3) is 0 Å². The lowest BCUT2D eigenvalue weighted by Gasteiger charge is -2.20. The van der Waals surface area contributed by atoms with Crippen LogP contribution in [-0.4, -0.2) is 31.1 Å². The Morgan fingerprint density at radius 3 is 2.00 bits per heavy atom. The lowest BCUT2D eigenvalue weighted by atomic mass is 10.1. The molecule has 0 aromatic heterocycles. The van der Waals surface area contributed by atoms with Gasteiger partial charge in [-0.3, -0.25) is 0 Å². The van der Waals surface area contributed by atoms with E-state index in [4.69, 9.17) is 5.73 Å². The first-order chi connectivity index (χ1) is 4.54. The molecule has 0 amide bonds. The van der Waals surface area contributed by atoms with Crippen molar-refractivity contribution in [2.75, 3.05) is 14.1 Å². The van der Waals surface area contributed by atoms with E-state index in [0.717, 1.165) is 6.42 Å². The third kappa shape index (κ3) is 4.77. The second-order valence-corrected chi connectivity index (χ2v) is 3.37. The maximum absolute atomic E-state index is 5.62. The zero-order valence-electron chi connectivity index (χ0n) is 7.59. The first-order valence-corrected chi connectivity index (χ1v) is 3.96. The highest BCUT2D eigenvalue weighted by Gasteiger charge is 2.04. The van der Waals surface area contributed by atoms with Crippen LogP contribution < -0.4 is 5.73 Å². The van der Waals surface area contributed by atoms with Crippen molar-refractivity contribution in [3.05, 3.63) is 0 Å². The quantitative estimate of drug-likeness (QED) is 0.639. The molecule has 2 heteroatoms. The Hall–Kier alpha value is -0.0800. The number of hydrogen-bond donors (Lipinski definition) is 1. The monoisotopic (exact) mass is 144 g/mol. The van der Waals surface area contributed by atoms with E-state index in [1.54, 1.807) is 0 Å². The fourth-order valence-electron chi connectivity index (χ4n) is 0.762. The first-order valence-electron chi connectivity index (χ1n) is 3.96. The Kier molecular flexibility index (Phi) is 4.65. The average Bonchev–Trinajstić information content (AvgIpc) is 1.82. The van der Waals surface area contributed by atoms with Crippen LogP contribution in [0.5, 0.6) is 0 Å². The fraction of sp³-hybridized carbons (Fsp3) is 1.00. The van der Waals surface area contributed by atoms with Gasteiger partial charge in [-0.2, -0.15) is 0 Å². The van der Waals surface area contributed by atoms with Crippen LogP contribution in [0.1, 0.15) is 26.7 Å². The van der Waals surface area contributed by atoms with E-state index < -0.39 is 0 Å². The summed E-state index contributed by atoms with van der Waals surface area (Å²) >= 11 is 0. The number of nitrogens with zero attached hydrogens (tertiary/aromatic N) is 1. The second-order valence-electron chi connectivity index (χ2n) is 3.37. The molecular weight excluding hydrogens is 124 g/mol. The minimum absolute atomic E-state index is 0.349. The van der Waals surface area contributed by atoms with E-state index in [1.165, 1.54) is 6.42 Å². The highest BCUT2D eigenvalue weighted by atomic mass is 15.1. The summed E-state index contributed by atoms with van der Waals surface area (Å²) in [6.07, 6.45) is 2.32. The molecule has 0 saturated heterocycles. The lowest BCUT2D eigenvalue weighted by Crippen LogP contribution is -2.27. The SMILES string of the molecule is CC(CC[C@@H](C)N)N(C)C. The topological polar surface area (TPSA) is 29.3 Å². The summed E-state index contributed by atoms with van der Waals surface area (Å²) in [5.74, 6) is 0. The van der Waals surface area contributed by atoms with Crippen LogP contribution in [0.15, 0.2) is 0 Å². The van der Waals surface area contributed by atoms with Crippen LogP contribution >= 0.6 is 0 Å². The smallest absolute Gasteiger partial charge is 0.00614 e. The summed E-state index contributed by atoms with van der Waals surface area (Å²) in [4.78, 5) is 2.22. The van der Waals surface area contributed by atoms with Crippen LogP contribution in [0.4, 0.5) is 0 Å². The van der Waals surface area contributed by atoms with Crippen LogP contribution in [-0.2, 0) is 0 Å². The van der Waals surface area contributed by atoms with Gasteiger partial charge in [0.05, 0.1) is 0 Å². The summed E-state index contributed by atoms with van der Waals surface area (Å²) < 4.78 is 0. The Morgan fingerprint density at radius 2 is 1.70 bits per heavy atom. The highest BCUT2D eigenvalue weighted by Crippen LogP contribution is 2.03. The van der Waals surface area contributed by atoms with Gasteiger partial charge in [-0.1, -0.05) is 0 Å². The Labute approximate surface area is 64.4 Å². The van der Waals surface area contributed by atoms with Crippen LogP contribution in [0, 0.1) is 0 Å². The van der Waals surface area contributed by atoms with Gasteiger partial charge in [0, 0.05) is 12.1 Å². The molecule has 0 aliphatic heterocycles.